The molecule has 4 aromatic heterocycles. The van der Waals surface area contributed by atoms with Crippen LogP contribution < -0.4 is 9.47 Å². The standard InChI is InChI=1S/C72H104F6O10S4Si6/c1-21-23-43-93(9,10)85-97(17,18)87-95(13,14)48-52(79)47-81-39-25-40-82-53-31-27-50(28-32-53)66-55(45-59(91-66)57-35-37-61(89-57)68(3,4)5)64-65(71(75,76)72(77,78)70(64,73)74)56-46-60(58-36-38-62(90-58)69(6,7)8)92-67(56)51-29-33-54(34-30-51)83-41-26-42-84-63(80)49-96(15,16)88-98(19,20)86-94(11,12)44-24-22-2/h27-38,45-46H,21-26,39-44,47-49H2,1-20H3. The highest BCUT2D eigenvalue weighted by Gasteiger charge is 2.80. The summed E-state index contributed by atoms with van der Waals surface area (Å²) in [7, 11) is -13.8. The molecular weight excluding hydrogens is 1440 g/mol. The lowest BCUT2D eigenvalue weighted by Crippen LogP contribution is -2.53. The lowest BCUT2D eigenvalue weighted by molar-refractivity contribution is -0.254. The monoisotopic (exact) mass is 1540 g/mol. The summed E-state index contributed by atoms with van der Waals surface area (Å²) in [6.45, 7) is 42.3. The molecule has 0 saturated heterocycles. The quantitative estimate of drug-likeness (QED) is 0.0163. The second kappa shape index (κ2) is 32.2. The third-order valence-electron chi connectivity index (χ3n) is 16.4. The molecule has 0 aliphatic heterocycles. The van der Waals surface area contributed by atoms with Crippen LogP contribution in [0.15, 0.2) is 84.9 Å². The van der Waals surface area contributed by atoms with Gasteiger partial charge in [0.25, 0.3) is 0 Å². The smallest absolute Gasteiger partial charge is 0.380 e. The number of alkyl halides is 6. The number of carbonyl (C=O) groups is 2. The average molecular weight is 1540 g/mol. The predicted octanol–water partition coefficient (Wildman–Crippen LogP) is 23.6. The zero-order chi connectivity index (χ0) is 72.9. The molecule has 0 atom stereocenters. The fraction of sp³-hybridized carbons (Fsp3) is 0.556. The molecule has 0 radical (unpaired) electrons. The van der Waals surface area contributed by atoms with Crippen molar-refractivity contribution in [2.24, 2.45) is 0 Å². The molecule has 7 rings (SSSR count). The van der Waals surface area contributed by atoms with Gasteiger partial charge in [-0.3, -0.25) is 9.59 Å². The maximum absolute atomic E-state index is 17.4. The average Bonchev–Trinajstić information content (AvgIpc) is 1.52. The minimum atomic E-state index is -5.85. The zero-order valence-corrected chi connectivity index (χ0v) is 70.4. The van der Waals surface area contributed by atoms with E-state index in [9.17, 15) is 9.59 Å². The van der Waals surface area contributed by atoms with E-state index in [2.05, 4.69) is 53.1 Å². The number of benzene rings is 2. The number of Topliss-reactive ketones (excluding diaryl/α,β-unsaturated/α-hetero) is 1. The Balaban J connectivity index is 1.14. The molecule has 2 aromatic carbocycles. The Morgan fingerprint density at radius 3 is 1.20 bits per heavy atom. The van der Waals surface area contributed by atoms with Crippen LogP contribution in [-0.2, 0) is 46.4 Å². The number of ketones is 1. The Morgan fingerprint density at radius 1 is 0.449 bits per heavy atom. The highest BCUT2D eigenvalue weighted by molar-refractivity contribution is 7.25. The van der Waals surface area contributed by atoms with E-state index in [4.69, 9.17) is 35.4 Å². The van der Waals surface area contributed by atoms with E-state index in [-0.39, 0.29) is 71.4 Å². The highest BCUT2D eigenvalue weighted by Crippen LogP contribution is 2.68. The first kappa shape index (κ1) is 81.7. The Kier molecular flexibility index (Phi) is 26.8. The molecule has 542 valence electrons. The first-order chi connectivity index (χ1) is 45.2. The van der Waals surface area contributed by atoms with E-state index in [0.717, 1.165) is 70.2 Å². The maximum Gasteiger partial charge on any atom is 0.380 e. The van der Waals surface area contributed by atoms with E-state index >= 15 is 26.3 Å². The van der Waals surface area contributed by atoms with E-state index in [1.165, 1.54) is 34.8 Å². The summed E-state index contributed by atoms with van der Waals surface area (Å²) in [5, 5.41) is 0. The van der Waals surface area contributed by atoms with Gasteiger partial charge in [0.2, 0.25) is 0 Å². The van der Waals surface area contributed by atoms with Gasteiger partial charge in [-0.1, -0.05) is 81.1 Å². The fourth-order valence-electron chi connectivity index (χ4n) is 12.4. The molecule has 26 heteroatoms. The number of thiophene rings is 4. The van der Waals surface area contributed by atoms with Gasteiger partial charge in [0, 0.05) is 80.2 Å². The molecule has 0 fully saturated rings. The largest absolute Gasteiger partial charge is 0.494 e. The number of hydrogen-bond acceptors (Lipinski definition) is 14. The van der Waals surface area contributed by atoms with Gasteiger partial charge < -0.3 is 35.4 Å². The van der Waals surface area contributed by atoms with Crippen molar-refractivity contribution >= 4 is 119 Å². The van der Waals surface area contributed by atoms with Crippen LogP contribution in [0.5, 0.6) is 11.5 Å². The zero-order valence-electron chi connectivity index (χ0n) is 61.2. The van der Waals surface area contributed by atoms with Crippen LogP contribution in [0.2, 0.25) is 103 Å². The minimum absolute atomic E-state index is 0.0457. The van der Waals surface area contributed by atoms with Crippen LogP contribution in [0.3, 0.4) is 0 Å². The second-order valence-electron chi connectivity index (χ2n) is 31.1. The van der Waals surface area contributed by atoms with Gasteiger partial charge >= 0.3 is 40.9 Å². The van der Waals surface area contributed by atoms with Crippen molar-refractivity contribution in [3.63, 3.8) is 0 Å². The molecule has 0 saturated carbocycles. The van der Waals surface area contributed by atoms with Crippen molar-refractivity contribution in [3.8, 4) is 51.9 Å². The SMILES string of the molecule is CCCC[Si](C)(C)O[Si](C)(C)O[Si](C)(C)CC(=O)COCCCOc1ccc(-c2sc(-c3ccc(C(C)(C)C)s3)cc2C2=C(c3cc(-c4ccc(C(C)(C)C)s4)sc3-c3ccc(OCCCOC(=O)C[Si](C)(C)O[Si](C)(C)O[Si](C)(C)CCCC)cc3)C(F)(F)C(F)(F)C2(F)F)cc1. The number of unbranched alkanes of at least 4 members (excludes halogenated alkanes) is 2. The van der Waals surface area contributed by atoms with Gasteiger partial charge in [0.15, 0.2) is 39.1 Å². The molecular formula is C72H104F6O10S4Si6. The van der Waals surface area contributed by atoms with Crippen LogP contribution in [0.4, 0.5) is 26.3 Å². The number of allylic oxidation sites excluding steroid dienone is 2. The summed E-state index contributed by atoms with van der Waals surface area (Å²) in [5.74, 6) is -16.2. The Labute approximate surface area is 601 Å². The number of hydrogen-bond donors (Lipinski definition) is 0. The molecule has 1 aliphatic rings. The van der Waals surface area contributed by atoms with Gasteiger partial charge in [-0.05, 0) is 198 Å². The van der Waals surface area contributed by atoms with Crippen molar-refractivity contribution in [2.45, 2.75) is 225 Å². The molecule has 0 unspecified atom stereocenters. The normalized spacial score (nSPS) is 15.5. The molecule has 0 amide bonds. The van der Waals surface area contributed by atoms with E-state index in [1.807, 2.05) is 105 Å². The first-order valence-electron chi connectivity index (χ1n) is 34.1. The van der Waals surface area contributed by atoms with Gasteiger partial charge in [-0.25, -0.2) is 0 Å². The van der Waals surface area contributed by atoms with E-state index < -0.39 is 90.4 Å². The number of esters is 1. The molecule has 0 spiro atoms. The number of rotatable bonds is 36. The van der Waals surface area contributed by atoms with Crippen LogP contribution >= 0.6 is 45.3 Å². The number of ether oxygens (including phenoxy) is 4. The molecule has 98 heavy (non-hydrogen) atoms. The highest BCUT2D eigenvalue weighted by atomic mass is 32.1. The molecule has 1 aliphatic carbocycles. The van der Waals surface area contributed by atoms with Crippen LogP contribution in [0.25, 0.3) is 51.5 Å². The molecule has 6 aromatic rings. The molecule has 10 nitrogen and oxygen atoms in total. The first-order valence-corrected chi connectivity index (χ1v) is 55.5. The van der Waals surface area contributed by atoms with Crippen LogP contribution in [0.1, 0.15) is 115 Å². The van der Waals surface area contributed by atoms with Crippen LogP contribution in [0, 0.1) is 0 Å². The summed E-state index contributed by atoms with van der Waals surface area (Å²) >= 11 is 4.97. The minimum Gasteiger partial charge on any atom is -0.494 e. The molecule has 0 N–H and O–H groups in total. The fourth-order valence-corrected chi connectivity index (χ4v) is 45.0. The van der Waals surface area contributed by atoms with Crippen molar-refractivity contribution in [2.75, 3.05) is 33.0 Å². The lowest BCUT2D eigenvalue weighted by atomic mass is 9.92. The summed E-state index contributed by atoms with van der Waals surface area (Å²) in [4.78, 5) is 30.6. The van der Waals surface area contributed by atoms with Crippen molar-refractivity contribution in [1.29, 1.82) is 0 Å². The Morgan fingerprint density at radius 2 is 0.827 bits per heavy atom. The lowest BCUT2D eigenvalue weighted by Gasteiger charge is -2.38. The van der Waals surface area contributed by atoms with E-state index in [0.29, 0.717) is 61.0 Å². The molecule has 4 heterocycles. The van der Waals surface area contributed by atoms with E-state index in [1.54, 1.807) is 48.5 Å². The summed E-state index contributed by atoms with van der Waals surface area (Å²) in [6.07, 6.45) is 5.21. The number of carbonyl (C=O) groups excluding carboxylic acids is 2. The van der Waals surface area contributed by atoms with Gasteiger partial charge in [0.05, 0.1) is 32.5 Å². The van der Waals surface area contributed by atoms with Gasteiger partial charge in [-0.15, -0.1) is 45.3 Å². The summed E-state index contributed by atoms with van der Waals surface area (Å²) in [6, 6.07) is 25.7. The third kappa shape index (κ3) is 21.5. The van der Waals surface area contributed by atoms with Gasteiger partial charge in [-0.2, -0.15) is 26.3 Å². The number of halogens is 6. The van der Waals surface area contributed by atoms with Crippen molar-refractivity contribution in [3.05, 3.63) is 106 Å². The topological polar surface area (TPSA) is 108 Å². The molecule has 0 bridgehead atoms. The van der Waals surface area contributed by atoms with Crippen molar-refractivity contribution in [1.82, 2.24) is 0 Å². The predicted molar refractivity (Wildman–Crippen MR) is 410 cm³/mol. The summed E-state index contributed by atoms with van der Waals surface area (Å²) < 4.78 is 153. The Bertz CT molecular complexity index is 3690. The summed E-state index contributed by atoms with van der Waals surface area (Å²) in [5.41, 5.74) is -3.72. The second-order valence-corrected chi connectivity index (χ2v) is 60.0. The van der Waals surface area contributed by atoms with Crippen LogP contribution in [-0.4, -0.2) is 113 Å². The van der Waals surface area contributed by atoms with Crippen molar-refractivity contribution < 1.29 is 71.3 Å². The Hall–Kier alpha value is -3.60. The maximum atomic E-state index is 17.4. The third-order valence-corrected chi connectivity index (χ3v) is 44.4. The van der Waals surface area contributed by atoms with Gasteiger partial charge in [0.1, 0.15) is 18.1 Å².